The predicted molar refractivity (Wildman–Crippen MR) is 80.5 cm³/mol. The smallest absolute Gasteiger partial charge is 0.263 e. The monoisotopic (exact) mass is 291 g/mol. The second-order valence-electron chi connectivity index (χ2n) is 4.55. The van der Waals surface area contributed by atoms with Gasteiger partial charge in [-0.1, -0.05) is 17.7 Å². The van der Waals surface area contributed by atoms with Crippen LogP contribution in [0.2, 0.25) is 0 Å². The van der Waals surface area contributed by atoms with Crippen LogP contribution in [0.3, 0.4) is 0 Å². The molecular formula is C14H17N3O2S. The molecular weight excluding hydrogens is 274 g/mol. The lowest BCUT2D eigenvalue weighted by molar-refractivity contribution is 0.601. The van der Waals surface area contributed by atoms with Gasteiger partial charge in [0.15, 0.2) is 0 Å². The van der Waals surface area contributed by atoms with E-state index in [-0.39, 0.29) is 4.90 Å². The molecule has 1 heterocycles. The lowest BCUT2D eigenvalue weighted by atomic mass is 10.1. The number of aromatic nitrogens is 1. The predicted octanol–water partition coefficient (Wildman–Crippen LogP) is 2.54. The fraction of sp³-hybridized carbons (Fsp3) is 0.214. The largest absolute Gasteiger partial charge is 0.373 e. The summed E-state index contributed by atoms with van der Waals surface area (Å²) in [5.41, 5.74) is 2.55. The molecule has 1 aromatic heterocycles. The Morgan fingerprint density at radius 3 is 2.40 bits per heavy atom. The number of rotatable bonds is 4. The Hall–Kier alpha value is -2.08. The van der Waals surface area contributed by atoms with Crippen LogP contribution in [0.5, 0.6) is 0 Å². The Bertz CT molecular complexity index is 710. The molecule has 0 spiro atoms. The van der Waals surface area contributed by atoms with Crippen molar-refractivity contribution in [3.8, 4) is 0 Å². The molecule has 0 bridgehead atoms. The van der Waals surface area contributed by atoms with Gasteiger partial charge in [-0.3, -0.25) is 4.72 Å². The molecule has 1 aromatic carbocycles. The molecule has 2 N–H and O–H groups in total. The summed E-state index contributed by atoms with van der Waals surface area (Å²) in [7, 11) is -1.89. The summed E-state index contributed by atoms with van der Waals surface area (Å²) in [5, 5.41) is 2.84. The summed E-state index contributed by atoms with van der Waals surface area (Å²) in [4.78, 5) is 4.15. The molecule has 0 atom stereocenters. The minimum Gasteiger partial charge on any atom is -0.373 e. The molecule has 2 rings (SSSR count). The first-order chi connectivity index (χ1) is 9.42. The number of hydrogen-bond donors (Lipinski definition) is 2. The number of pyridine rings is 1. The third-order valence-corrected chi connectivity index (χ3v) is 4.28. The summed E-state index contributed by atoms with van der Waals surface area (Å²) in [6, 6.07) is 8.70. The van der Waals surface area contributed by atoms with Crippen molar-refractivity contribution in [1.82, 2.24) is 4.98 Å². The van der Waals surface area contributed by atoms with Crippen molar-refractivity contribution in [3.05, 3.63) is 47.7 Å². The first-order valence-electron chi connectivity index (χ1n) is 6.16. The third kappa shape index (κ3) is 3.08. The van der Waals surface area contributed by atoms with Crippen molar-refractivity contribution >= 4 is 21.5 Å². The second-order valence-corrected chi connectivity index (χ2v) is 6.24. The zero-order valence-corrected chi connectivity index (χ0v) is 12.5. The average Bonchev–Trinajstić information content (AvgIpc) is 2.42. The van der Waals surface area contributed by atoms with E-state index in [1.807, 2.05) is 26.0 Å². The maximum absolute atomic E-state index is 12.3. The van der Waals surface area contributed by atoms with Gasteiger partial charge < -0.3 is 5.32 Å². The van der Waals surface area contributed by atoms with Crippen molar-refractivity contribution in [3.63, 3.8) is 0 Å². The van der Waals surface area contributed by atoms with Gasteiger partial charge in [0.1, 0.15) is 10.7 Å². The van der Waals surface area contributed by atoms with E-state index >= 15 is 0 Å². The van der Waals surface area contributed by atoms with Gasteiger partial charge >= 0.3 is 0 Å². The van der Waals surface area contributed by atoms with Crippen molar-refractivity contribution in [2.24, 2.45) is 0 Å². The topological polar surface area (TPSA) is 71.1 Å². The summed E-state index contributed by atoms with van der Waals surface area (Å²) < 4.78 is 27.1. The SMILES string of the molecule is CNc1ccc(S(=O)(=O)Nc2ccc(C)cc2C)cn1. The van der Waals surface area contributed by atoms with E-state index in [1.54, 1.807) is 19.2 Å². The minimum atomic E-state index is -3.61. The van der Waals surface area contributed by atoms with Crippen LogP contribution in [-0.4, -0.2) is 20.4 Å². The summed E-state index contributed by atoms with van der Waals surface area (Å²) in [6.45, 7) is 3.83. The number of nitrogens with one attached hydrogen (secondary N) is 2. The molecule has 0 saturated heterocycles. The van der Waals surface area contributed by atoms with E-state index < -0.39 is 10.0 Å². The average molecular weight is 291 g/mol. The highest BCUT2D eigenvalue weighted by Gasteiger charge is 2.15. The highest BCUT2D eigenvalue weighted by molar-refractivity contribution is 7.92. The molecule has 0 saturated carbocycles. The Balaban J connectivity index is 2.30. The Kier molecular flexibility index (Phi) is 3.94. The number of sulfonamides is 1. The molecule has 6 heteroatoms. The Morgan fingerprint density at radius 2 is 1.85 bits per heavy atom. The molecule has 0 amide bonds. The van der Waals surface area contributed by atoms with Crippen LogP contribution in [0.4, 0.5) is 11.5 Å². The van der Waals surface area contributed by atoms with Crippen molar-refractivity contribution in [2.45, 2.75) is 18.7 Å². The molecule has 0 aliphatic rings. The quantitative estimate of drug-likeness (QED) is 0.908. The number of benzene rings is 1. The lowest BCUT2D eigenvalue weighted by Crippen LogP contribution is -2.14. The van der Waals surface area contributed by atoms with E-state index in [9.17, 15) is 8.42 Å². The zero-order chi connectivity index (χ0) is 14.8. The third-order valence-electron chi connectivity index (χ3n) is 2.93. The number of anilines is 2. The van der Waals surface area contributed by atoms with Crippen LogP contribution in [-0.2, 0) is 10.0 Å². The molecule has 0 aliphatic heterocycles. The first kappa shape index (κ1) is 14.3. The van der Waals surface area contributed by atoms with E-state index in [2.05, 4.69) is 15.0 Å². The summed E-state index contributed by atoms with van der Waals surface area (Å²) in [6.07, 6.45) is 1.33. The number of nitrogens with zero attached hydrogens (tertiary/aromatic N) is 1. The van der Waals surface area contributed by atoms with Gasteiger partial charge in [0.25, 0.3) is 10.0 Å². The van der Waals surface area contributed by atoms with Crippen molar-refractivity contribution < 1.29 is 8.42 Å². The van der Waals surface area contributed by atoms with Gasteiger partial charge in [-0.2, -0.15) is 0 Å². The van der Waals surface area contributed by atoms with Crippen LogP contribution >= 0.6 is 0 Å². The second kappa shape index (κ2) is 5.50. The van der Waals surface area contributed by atoms with E-state index in [1.165, 1.54) is 12.3 Å². The van der Waals surface area contributed by atoms with Gasteiger partial charge in [-0.15, -0.1) is 0 Å². The van der Waals surface area contributed by atoms with E-state index in [4.69, 9.17) is 0 Å². The number of hydrogen-bond acceptors (Lipinski definition) is 4. The van der Waals surface area contributed by atoms with Crippen molar-refractivity contribution in [1.29, 1.82) is 0 Å². The van der Waals surface area contributed by atoms with Crippen LogP contribution in [0.25, 0.3) is 0 Å². The van der Waals surface area contributed by atoms with Gasteiger partial charge in [-0.25, -0.2) is 13.4 Å². The van der Waals surface area contributed by atoms with Gasteiger partial charge in [0.05, 0.1) is 5.69 Å². The van der Waals surface area contributed by atoms with E-state index in [0.717, 1.165) is 11.1 Å². The molecule has 20 heavy (non-hydrogen) atoms. The van der Waals surface area contributed by atoms with Crippen LogP contribution in [0, 0.1) is 13.8 Å². The fourth-order valence-corrected chi connectivity index (χ4v) is 2.89. The maximum atomic E-state index is 12.3. The molecule has 106 valence electrons. The molecule has 0 radical (unpaired) electrons. The number of aryl methyl sites for hydroxylation is 2. The summed E-state index contributed by atoms with van der Waals surface area (Å²) >= 11 is 0. The van der Waals surface area contributed by atoms with Gasteiger partial charge in [0.2, 0.25) is 0 Å². The van der Waals surface area contributed by atoms with Crippen LogP contribution in [0.15, 0.2) is 41.4 Å². The first-order valence-corrected chi connectivity index (χ1v) is 7.64. The van der Waals surface area contributed by atoms with Crippen LogP contribution in [0.1, 0.15) is 11.1 Å². The fourth-order valence-electron chi connectivity index (χ4n) is 1.82. The van der Waals surface area contributed by atoms with Crippen molar-refractivity contribution in [2.75, 3.05) is 17.1 Å². The standard InChI is InChI=1S/C14H17N3O2S/c1-10-4-6-13(11(2)8-10)17-20(18,19)12-5-7-14(15-3)16-9-12/h4-9,17H,1-3H3,(H,15,16). The molecule has 0 unspecified atom stereocenters. The summed E-state index contributed by atoms with van der Waals surface area (Å²) in [5.74, 6) is 0.621. The zero-order valence-electron chi connectivity index (χ0n) is 11.6. The molecule has 2 aromatic rings. The van der Waals surface area contributed by atoms with E-state index in [0.29, 0.717) is 11.5 Å². The lowest BCUT2D eigenvalue weighted by Gasteiger charge is -2.11. The van der Waals surface area contributed by atoms with Gasteiger partial charge in [-0.05, 0) is 37.6 Å². The minimum absolute atomic E-state index is 0.136. The molecule has 0 aliphatic carbocycles. The Morgan fingerprint density at radius 1 is 1.10 bits per heavy atom. The highest BCUT2D eigenvalue weighted by atomic mass is 32.2. The van der Waals surface area contributed by atoms with Crippen LogP contribution < -0.4 is 10.0 Å². The van der Waals surface area contributed by atoms with Gasteiger partial charge in [0, 0.05) is 13.2 Å². The molecule has 0 fully saturated rings. The molecule has 5 nitrogen and oxygen atoms in total. The normalized spacial score (nSPS) is 11.2. The Labute approximate surface area is 119 Å². The highest BCUT2D eigenvalue weighted by Crippen LogP contribution is 2.20. The maximum Gasteiger partial charge on any atom is 0.263 e.